The van der Waals surface area contributed by atoms with Crippen LogP contribution in [-0.4, -0.2) is 10.0 Å². The molecule has 0 N–H and O–H groups in total. The van der Waals surface area contributed by atoms with Gasteiger partial charge in [0.05, 0.1) is 0 Å². The highest BCUT2D eigenvalue weighted by Crippen LogP contribution is 2.10. The van der Waals surface area contributed by atoms with Gasteiger partial charge in [0.2, 0.25) is 4.17 Å². The zero-order chi connectivity index (χ0) is 5.28. The van der Waals surface area contributed by atoms with Gasteiger partial charge >= 0.3 is 0 Å². The zero-order valence-corrected chi connectivity index (χ0v) is 5.95. The number of halogens is 1. The average Bonchev–Trinajstić information content (AvgIpc) is 1.87. The molecular weight excluding hydrogens is 205 g/mol. The van der Waals surface area contributed by atoms with Gasteiger partial charge in [0.1, 0.15) is 5.84 Å². The molecule has 1 atom stereocenters. The Morgan fingerprint density at radius 3 is 2.57 bits per heavy atom. The summed E-state index contributed by atoms with van der Waals surface area (Å²) < 4.78 is 0.0394. The second-order valence-corrected chi connectivity index (χ2v) is 2.32. The predicted octanol–water partition coefficient (Wildman–Crippen LogP) is 1.59. The molecule has 1 aliphatic rings. The highest BCUT2D eigenvalue weighted by molar-refractivity contribution is 14.1. The minimum Gasteiger partial charge on any atom is -0.230 e. The lowest BCUT2D eigenvalue weighted by molar-refractivity contribution is 1.01. The predicted molar refractivity (Wildman–Crippen MR) is 35.8 cm³/mol. The second kappa shape index (κ2) is 1.85. The molecule has 1 unspecified atom stereocenters. The number of alkyl halides is 1. The lowest BCUT2D eigenvalue weighted by atomic mass is 10.7. The molecule has 0 radical (unpaired) electrons. The molecule has 4 heteroatoms. The molecule has 0 aromatic rings. The van der Waals surface area contributed by atoms with Gasteiger partial charge < -0.3 is 0 Å². The van der Waals surface area contributed by atoms with E-state index in [2.05, 4.69) is 37.8 Å². The van der Waals surface area contributed by atoms with Crippen molar-refractivity contribution < 1.29 is 0 Å². The van der Waals surface area contributed by atoms with Crippen LogP contribution in [0.15, 0.2) is 15.2 Å². The third-order valence-corrected chi connectivity index (χ3v) is 1.12. The van der Waals surface area contributed by atoms with Crippen molar-refractivity contribution in [3.05, 3.63) is 0 Å². The van der Waals surface area contributed by atoms with Crippen LogP contribution in [0.2, 0.25) is 0 Å². The molecule has 0 aromatic carbocycles. The third kappa shape index (κ3) is 1.19. The number of nitrogens with zero attached hydrogens (tertiary/aromatic N) is 3. The van der Waals surface area contributed by atoms with Gasteiger partial charge in [-0.1, -0.05) is 0 Å². The van der Waals surface area contributed by atoms with Crippen LogP contribution < -0.4 is 0 Å². The van der Waals surface area contributed by atoms with Gasteiger partial charge in [-0.05, 0) is 29.5 Å². The van der Waals surface area contributed by atoms with E-state index in [-0.39, 0.29) is 4.17 Å². The molecule has 1 heterocycles. The van der Waals surface area contributed by atoms with Gasteiger partial charge in [0.25, 0.3) is 0 Å². The summed E-state index contributed by atoms with van der Waals surface area (Å²) in [5.41, 5.74) is 0. The largest absolute Gasteiger partial charge is 0.230 e. The van der Waals surface area contributed by atoms with Crippen LogP contribution in [-0.2, 0) is 0 Å². The molecule has 3 nitrogen and oxygen atoms in total. The fourth-order valence-electron chi connectivity index (χ4n) is 0.337. The smallest absolute Gasteiger partial charge is 0.213 e. The standard InChI is InChI=1S/C3H4IN3/c1-2-5-3(4)7-6-2/h3H,1H3. The van der Waals surface area contributed by atoms with E-state index in [1.165, 1.54) is 0 Å². The maximum absolute atomic E-state index is 3.96. The Bertz CT molecular complexity index is 128. The lowest BCUT2D eigenvalue weighted by Gasteiger charge is -1.79. The van der Waals surface area contributed by atoms with E-state index < -0.39 is 0 Å². The van der Waals surface area contributed by atoms with Gasteiger partial charge in [-0.3, -0.25) is 0 Å². The van der Waals surface area contributed by atoms with Crippen LogP contribution in [0, 0.1) is 0 Å². The van der Waals surface area contributed by atoms with Crippen LogP contribution in [0.5, 0.6) is 0 Å². The Morgan fingerprint density at radius 1 is 1.71 bits per heavy atom. The molecule has 0 spiro atoms. The molecule has 0 fully saturated rings. The number of azo groups is 1. The van der Waals surface area contributed by atoms with Crippen molar-refractivity contribution in [3.63, 3.8) is 0 Å². The van der Waals surface area contributed by atoms with Crippen molar-refractivity contribution in [2.45, 2.75) is 11.1 Å². The van der Waals surface area contributed by atoms with Gasteiger partial charge in [0.15, 0.2) is 0 Å². The van der Waals surface area contributed by atoms with E-state index in [9.17, 15) is 0 Å². The molecule has 0 saturated heterocycles. The van der Waals surface area contributed by atoms with Gasteiger partial charge in [-0.2, -0.15) is 0 Å². The van der Waals surface area contributed by atoms with Crippen molar-refractivity contribution in [2.75, 3.05) is 0 Å². The third-order valence-electron chi connectivity index (χ3n) is 0.591. The highest BCUT2D eigenvalue weighted by atomic mass is 127. The minimum absolute atomic E-state index is 0.0394. The molecule has 0 saturated carbocycles. The first-order valence-electron chi connectivity index (χ1n) is 1.88. The topological polar surface area (TPSA) is 37.1 Å². The van der Waals surface area contributed by atoms with Crippen LogP contribution in [0.25, 0.3) is 0 Å². The van der Waals surface area contributed by atoms with E-state index in [0.29, 0.717) is 0 Å². The first-order valence-corrected chi connectivity index (χ1v) is 3.13. The Labute approximate surface area is 55.1 Å². The maximum Gasteiger partial charge on any atom is 0.213 e. The van der Waals surface area contributed by atoms with Gasteiger partial charge in [-0.15, -0.1) is 10.2 Å². The molecule has 0 amide bonds. The van der Waals surface area contributed by atoms with Gasteiger partial charge in [0, 0.05) is 0 Å². The minimum atomic E-state index is 0.0394. The second-order valence-electron chi connectivity index (χ2n) is 1.20. The SMILES string of the molecule is CC1=NC(I)N=N1. The normalized spacial score (nSPS) is 28.3. The van der Waals surface area contributed by atoms with E-state index in [0.717, 1.165) is 5.84 Å². The number of amidine groups is 1. The Kier molecular flexibility index (Phi) is 1.36. The van der Waals surface area contributed by atoms with Crippen LogP contribution in [0.1, 0.15) is 6.92 Å². The summed E-state index contributed by atoms with van der Waals surface area (Å²) in [6, 6.07) is 0. The summed E-state index contributed by atoms with van der Waals surface area (Å²) in [6.07, 6.45) is 0. The van der Waals surface area contributed by atoms with E-state index in [1.807, 2.05) is 6.92 Å². The quantitative estimate of drug-likeness (QED) is 0.330. The van der Waals surface area contributed by atoms with Gasteiger partial charge in [-0.25, -0.2) is 4.99 Å². The molecule has 0 aliphatic carbocycles. The molecular formula is C3H4IN3. The summed E-state index contributed by atoms with van der Waals surface area (Å²) in [6.45, 7) is 1.84. The Hall–Kier alpha value is -0.0000000000000000555. The summed E-state index contributed by atoms with van der Waals surface area (Å²) in [4.78, 5) is 3.96. The molecule has 0 aromatic heterocycles. The summed E-state index contributed by atoms with van der Waals surface area (Å²) in [7, 11) is 0. The van der Waals surface area contributed by atoms with E-state index in [1.54, 1.807) is 0 Å². The fourth-order valence-corrected chi connectivity index (χ4v) is 0.865. The van der Waals surface area contributed by atoms with E-state index in [4.69, 9.17) is 0 Å². The van der Waals surface area contributed by atoms with Crippen LogP contribution in [0.3, 0.4) is 0 Å². The van der Waals surface area contributed by atoms with Crippen molar-refractivity contribution in [2.24, 2.45) is 15.2 Å². The molecule has 1 rings (SSSR count). The Morgan fingerprint density at radius 2 is 2.43 bits per heavy atom. The van der Waals surface area contributed by atoms with Crippen molar-refractivity contribution in [1.29, 1.82) is 0 Å². The van der Waals surface area contributed by atoms with Crippen LogP contribution >= 0.6 is 22.6 Å². The molecule has 7 heavy (non-hydrogen) atoms. The highest BCUT2D eigenvalue weighted by Gasteiger charge is 2.03. The molecule has 0 bridgehead atoms. The Balaban J connectivity index is 2.69. The lowest BCUT2D eigenvalue weighted by Crippen LogP contribution is -1.79. The number of aliphatic imine (C=N–C) groups is 1. The van der Waals surface area contributed by atoms with Crippen molar-refractivity contribution >= 4 is 28.4 Å². The summed E-state index contributed by atoms with van der Waals surface area (Å²) >= 11 is 2.10. The zero-order valence-electron chi connectivity index (χ0n) is 3.80. The first kappa shape index (κ1) is 5.14. The number of hydrogen-bond donors (Lipinski definition) is 0. The molecule has 38 valence electrons. The first-order chi connectivity index (χ1) is 3.29. The van der Waals surface area contributed by atoms with Crippen molar-refractivity contribution in [3.8, 4) is 0 Å². The number of hydrogen-bond acceptors (Lipinski definition) is 3. The summed E-state index contributed by atoms with van der Waals surface area (Å²) in [5, 5.41) is 7.41. The van der Waals surface area contributed by atoms with Crippen molar-refractivity contribution in [1.82, 2.24) is 0 Å². The maximum atomic E-state index is 3.96. The molecule has 1 aliphatic heterocycles. The monoisotopic (exact) mass is 209 g/mol. The van der Waals surface area contributed by atoms with E-state index >= 15 is 0 Å². The average molecular weight is 209 g/mol. The van der Waals surface area contributed by atoms with Crippen LogP contribution in [0.4, 0.5) is 0 Å². The number of rotatable bonds is 0. The fraction of sp³-hybridized carbons (Fsp3) is 0.667. The summed E-state index contributed by atoms with van der Waals surface area (Å²) in [5.74, 6) is 0.777.